The maximum absolute atomic E-state index is 12.9. The summed E-state index contributed by atoms with van der Waals surface area (Å²) in [6.45, 7) is 5.65. The summed E-state index contributed by atoms with van der Waals surface area (Å²) in [7, 11) is 0. The van der Waals surface area contributed by atoms with Crippen LogP contribution < -0.4 is 16.2 Å². The maximum Gasteiger partial charge on any atom is 0.278 e. The van der Waals surface area contributed by atoms with E-state index in [0.717, 1.165) is 28.6 Å². The van der Waals surface area contributed by atoms with Gasteiger partial charge in [-0.1, -0.05) is 65.9 Å². The number of carbonyl (C=O) groups is 2. The molecule has 182 valence electrons. The Morgan fingerprint density at radius 3 is 2.33 bits per heavy atom. The first-order chi connectivity index (χ1) is 17.3. The van der Waals surface area contributed by atoms with E-state index in [9.17, 15) is 14.4 Å². The van der Waals surface area contributed by atoms with Crippen LogP contribution in [0.15, 0.2) is 82.7 Å². The minimum absolute atomic E-state index is 0.0655. The number of nitrogens with one attached hydrogen (secondary N) is 3. The van der Waals surface area contributed by atoms with Gasteiger partial charge in [-0.2, -0.15) is 0 Å². The molecule has 0 bridgehead atoms. The lowest BCUT2D eigenvalue weighted by molar-refractivity contribution is -0.115. The maximum atomic E-state index is 12.9. The van der Waals surface area contributed by atoms with Crippen molar-refractivity contribution in [1.82, 2.24) is 15.2 Å². The first kappa shape index (κ1) is 24.9. The number of nitrogens with zero attached hydrogens (tertiary/aromatic N) is 2. The fraction of sp³-hybridized carbons (Fsp3) is 0.148. The molecule has 4 rings (SSSR count). The predicted octanol–water partition coefficient (Wildman–Crippen LogP) is 4.82. The molecule has 8 nitrogen and oxygen atoms in total. The monoisotopic (exact) mass is 499 g/mol. The van der Waals surface area contributed by atoms with Crippen LogP contribution in [0, 0.1) is 13.8 Å². The number of aromatic amines is 1. The van der Waals surface area contributed by atoms with Crippen molar-refractivity contribution in [2.75, 3.05) is 10.6 Å². The lowest BCUT2D eigenvalue weighted by Crippen LogP contribution is -2.24. The Hall–Kier alpha value is -4.24. The van der Waals surface area contributed by atoms with Crippen LogP contribution in [0.25, 0.3) is 11.3 Å². The molecule has 2 amide bonds. The van der Waals surface area contributed by atoms with Gasteiger partial charge in [0, 0.05) is 16.8 Å². The number of rotatable bonds is 7. The predicted molar refractivity (Wildman–Crippen MR) is 142 cm³/mol. The Labute approximate surface area is 212 Å². The van der Waals surface area contributed by atoms with Gasteiger partial charge in [0.15, 0.2) is 10.9 Å². The Bertz CT molecular complexity index is 1470. The van der Waals surface area contributed by atoms with Crippen LogP contribution in [0.5, 0.6) is 0 Å². The molecule has 3 aromatic carbocycles. The fourth-order valence-electron chi connectivity index (χ4n) is 3.54. The second-order valence-electron chi connectivity index (χ2n) is 8.24. The van der Waals surface area contributed by atoms with E-state index < -0.39 is 10.8 Å². The zero-order chi connectivity index (χ0) is 25.7. The average molecular weight is 500 g/mol. The molecule has 0 radical (unpaired) electrons. The van der Waals surface area contributed by atoms with E-state index in [1.807, 2.05) is 38.1 Å². The van der Waals surface area contributed by atoms with Crippen molar-refractivity contribution >= 4 is 35.0 Å². The Balaban J connectivity index is 1.49. The summed E-state index contributed by atoms with van der Waals surface area (Å²) in [5.41, 5.74) is 3.78. The van der Waals surface area contributed by atoms with Crippen LogP contribution in [0.1, 0.15) is 28.4 Å². The third-order valence-corrected chi connectivity index (χ3v) is 6.41. The van der Waals surface area contributed by atoms with Crippen LogP contribution >= 0.6 is 11.8 Å². The summed E-state index contributed by atoms with van der Waals surface area (Å²) in [5.74, 6) is -0.518. The molecule has 4 aromatic rings. The third kappa shape index (κ3) is 5.87. The van der Waals surface area contributed by atoms with Crippen molar-refractivity contribution in [3.63, 3.8) is 0 Å². The van der Waals surface area contributed by atoms with Gasteiger partial charge in [0.2, 0.25) is 5.91 Å². The number of benzene rings is 3. The summed E-state index contributed by atoms with van der Waals surface area (Å²) in [6.07, 6.45) is 0. The van der Waals surface area contributed by atoms with E-state index in [4.69, 9.17) is 0 Å². The Kier molecular flexibility index (Phi) is 7.60. The molecular weight excluding hydrogens is 474 g/mol. The molecule has 0 spiro atoms. The van der Waals surface area contributed by atoms with Gasteiger partial charge >= 0.3 is 0 Å². The first-order valence-corrected chi connectivity index (χ1v) is 12.2. The molecule has 0 aliphatic heterocycles. The summed E-state index contributed by atoms with van der Waals surface area (Å²) in [6, 6.07) is 21.5. The molecule has 3 N–H and O–H groups in total. The Morgan fingerprint density at radius 2 is 1.61 bits per heavy atom. The summed E-state index contributed by atoms with van der Waals surface area (Å²) < 4.78 is 0. The van der Waals surface area contributed by atoms with Gasteiger partial charge in [-0.25, -0.2) is 0 Å². The number of anilines is 2. The number of para-hydroxylation sites is 1. The van der Waals surface area contributed by atoms with Crippen molar-refractivity contribution in [2.24, 2.45) is 0 Å². The molecule has 0 saturated heterocycles. The summed E-state index contributed by atoms with van der Waals surface area (Å²) in [4.78, 5) is 40.9. The van der Waals surface area contributed by atoms with Gasteiger partial charge in [0.05, 0.1) is 10.9 Å². The molecule has 9 heteroatoms. The van der Waals surface area contributed by atoms with Gasteiger partial charge in [-0.15, -0.1) is 10.2 Å². The van der Waals surface area contributed by atoms with Crippen molar-refractivity contribution in [3.8, 4) is 11.3 Å². The zero-order valence-electron chi connectivity index (χ0n) is 20.0. The molecule has 0 saturated carbocycles. The third-order valence-electron chi connectivity index (χ3n) is 5.44. The highest BCUT2D eigenvalue weighted by Crippen LogP contribution is 2.26. The van der Waals surface area contributed by atoms with Gasteiger partial charge in [0.25, 0.3) is 11.5 Å². The lowest BCUT2D eigenvalue weighted by atomic mass is 10.1. The van der Waals surface area contributed by atoms with Crippen LogP contribution in [0.4, 0.5) is 11.4 Å². The lowest BCUT2D eigenvalue weighted by Gasteiger charge is -2.13. The van der Waals surface area contributed by atoms with E-state index in [2.05, 4.69) is 25.8 Å². The molecule has 0 aliphatic rings. The molecule has 1 aromatic heterocycles. The van der Waals surface area contributed by atoms with Crippen molar-refractivity contribution < 1.29 is 9.59 Å². The number of thioether (sulfide) groups is 1. The highest BCUT2D eigenvalue weighted by Gasteiger charge is 2.19. The minimum Gasteiger partial charge on any atom is -0.325 e. The molecule has 1 atom stereocenters. The smallest absolute Gasteiger partial charge is 0.278 e. The number of aryl methyl sites for hydroxylation is 2. The second-order valence-corrected chi connectivity index (χ2v) is 9.57. The van der Waals surface area contributed by atoms with Gasteiger partial charge in [-0.3, -0.25) is 19.4 Å². The standard InChI is InChI=1S/C27H25N5O3S/c1-16-13-14-21(17(2)15-16)28-24(33)18(3)36-27-30-26(35)23(31-32-27)20-11-7-8-12-22(20)29-25(34)19-9-5-4-6-10-19/h4-15,18H,1-3H3,(H,28,33)(H,29,34)(H,30,32,35)/t18-/m1/s1. The number of aromatic nitrogens is 3. The van der Waals surface area contributed by atoms with E-state index in [-0.39, 0.29) is 22.7 Å². The average Bonchev–Trinajstić information content (AvgIpc) is 2.87. The first-order valence-electron chi connectivity index (χ1n) is 11.3. The quantitative estimate of drug-likeness (QED) is 0.314. The largest absolute Gasteiger partial charge is 0.325 e. The minimum atomic E-state index is -0.529. The zero-order valence-corrected chi connectivity index (χ0v) is 20.8. The summed E-state index contributed by atoms with van der Waals surface area (Å²) >= 11 is 1.10. The highest BCUT2D eigenvalue weighted by molar-refractivity contribution is 8.00. The SMILES string of the molecule is Cc1ccc(NC(=O)[C@@H](C)Sc2nnc(-c3ccccc3NC(=O)c3ccccc3)c(=O)[nH]2)c(C)c1. The van der Waals surface area contributed by atoms with Gasteiger partial charge in [0.1, 0.15) is 0 Å². The molecule has 1 heterocycles. The molecular formula is C27H25N5O3S. The number of amides is 2. The topological polar surface area (TPSA) is 117 Å². The van der Waals surface area contributed by atoms with E-state index in [1.165, 1.54) is 0 Å². The van der Waals surface area contributed by atoms with Crippen LogP contribution in [0.2, 0.25) is 0 Å². The Morgan fingerprint density at radius 1 is 0.889 bits per heavy atom. The number of H-pyrrole nitrogens is 1. The number of carbonyl (C=O) groups excluding carboxylic acids is 2. The van der Waals surface area contributed by atoms with Crippen LogP contribution in [0.3, 0.4) is 0 Å². The van der Waals surface area contributed by atoms with Crippen LogP contribution in [-0.2, 0) is 4.79 Å². The van der Waals surface area contributed by atoms with E-state index >= 15 is 0 Å². The van der Waals surface area contributed by atoms with Crippen molar-refractivity contribution in [1.29, 1.82) is 0 Å². The summed E-state index contributed by atoms with van der Waals surface area (Å²) in [5, 5.41) is 13.7. The molecule has 0 aliphatic carbocycles. The number of hydrogen-bond donors (Lipinski definition) is 3. The van der Waals surface area contributed by atoms with Crippen molar-refractivity contribution in [2.45, 2.75) is 31.2 Å². The molecule has 36 heavy (non-hydrogen) atoms. The molecule has 0 fully saturated rings. The second kappa shape index (κ2) is 11.0. The number of hydrogen-bond acceptors (Lipinski definition) is 6. The van der Waals surface area contributed by atoms with E-state index in [0.29, 0.717) is 16.8 Å². The van der Waals surface area contributed by atoms with Crippen molar-refractivity contribution in [3.05, 3.63) is 99.8 Å². The van der Waals surface area contributed by atoms with Crippen LogP contribution in [-0.4, -0.2) is 32.2 Å². The normalized spacial score (nSPS) is 11.5. The highest BCUT2D eigenvalue weighted by atomic mass is 32.2. The van der Waals surface area contributed by atoms with Gasteiger partial charge < -0.3 is 10.6 Å². The fourth-order valence-corrected chi connectivity index (χ4v) is 4.28. The van der Waals surface area contributed by atoms with Gasteiger partial charge in [-0.05, 0) is 50.6 Å². The molecule has 0 unspecified atom stereocenters. The van der Waals surface area contributed by atoms with E-state index in [1.54, 1.807) is 55.5 Å².